The van der Waals surface area contributed by atoms with Gasteiger partial charge in [0.25, 0.3) is 0 Å². The Labute approximate surface area is 117 Å². The van der Waals surface area contributed by atoms with Crippen molar-refractivity contribution in [2.75, 3.05) is 5.32 Å². The average molecular weight is 273 g/mol. The number of hydrogen-bond acceptors (Lipinski definition) is 4. The zero-order valence-corrected chi connectivity index (χ0v) is 11.7. The molecule has 1 heterocycles. The van der Waals surface area contributed by atoms with E-state index >= 15 is 0 Å². The second-order valence-corrected chi connectivity index (χ2v) is 4.89. The average Bonchev–Trinajstić information content (AvgIpc) is 2.83. The highest BCUT2D eigenvalue weighted by Crippen LogP contribution is 2.19. The molecule has 0 fully saturated rings. The molecule has 0 radical (unpaired) electrons. The van der Waals surface area contributed by atoms with Crippen LogP contribution in [0.15, 0.2) is 24.3 Å². The fourth-order valence-corrected chi connectivity index (χ4v) is 1.79. The summed E-state index contributed by atoms with van der Waals surface area (Å²) in [6.45, 7) is 3.73. The first-order chi connectivity index (χ1) is 9.54. The minimum absolute atomic E-state index is 0.0308. The molecule has 0 saturated carbocycles. The molecule has 1 aromatic heterocycles. The van der Waals surface area contributed by atoms with Crippen LogP contribution in [0.4, 0.5) is 5.69 Å². The lowest BCUT2D eigenvalue weighted by atomic mass is 10.1. The number of aromatic nitrogens is 3. The highest BCUT2D eigenvalue weighted by molar-refractivity contribution is 5.91. The lowest BCUT2D eigenvalue weighted by Gasteiger charge is -2.07. The van der Waals surface area contributed by atoms with Crippen molar-refractivity contribution in [2.45, 2.75) is 32.7 Å². The number of H-pyrrole nitrogens is 1. The van der Waals surface area contributed by atoms with Crippen LogP contribution in [0, 0.1) is 6.92 Å². The summed E-state index contributed by atoms with van der Waals surface area (Å²) in [6, 6.07) is 7.49. The van der Waals surface area contributed by atoms with Crippen molar-refractivity contribution in [1.29, 1.82) is 0 Å². The molecule has 2 rings (SSSR count). The van der Waals surface area contributed by atoms with Gasteiger partial charge in [0.1, 0.15) is 5.82 Å². The van der Waals surface area contributed by atoms with Crippen LogP contribution in [0.5, 0.6) is 0 Å². The Kier molecular flexibility index (Phi) is 4.47. The Hall–Kier alpha value is -2.21. The molecule has 106 valence electrons. The number of rotatable bonds is 5. The number of aromatic amines is 1. The fraction of sp³-hybridized carbons (Fsp3) is 0.357. The third-order valence-electron chi connectivity index (χ3n) is 2.83. The minimum Gasteiger partial charge on any atom is -0.328 e. The Morgan fingerprint density at radius 3 is 2.95 bits per heavy atom. The van der Waals surface area contributed by atoms with Gasteiger partial charge in [-0.3, -0.25) is 9.89 Å². The highest BCUT2D eigenvalue weighted by atomic mass is 16.1. The van der Waals surface area contributed by atoms with Gasteiger partial charge in [-0.25, -0.2) is 4.98 Å². The smallest absolute Gasteiger partial charge is 0.224 e. The van der Waals surface area contributed by atoms with Crippen molar-refractivity contribution in [2.24, 2.45) is 5.73 Å². The predicted octanol–water partition coefficient (Wildman–Crippen LogP) is 1.85. The Bertz CT molecular complexity index is 591. The monoisotopic (exact) mass is 273 g/mol. The molecule has 4 N–H and O–H groups in total. The number of carbonyl (C=O) groups is 1. The van der Waals surface area contributed by atoms with Gasteiger partial charge >= 0.3 is 0 Å². The number of hydrogen-bond donors (Lipinski definition) is 3. The lowest BCUT2D eigenvalue weighted by Crippen LogP contribution is -2.19. The van der Waals surface area contributed by atoms with Gasteiger partial charge in [0.2, 0.25) is 5.91 Å². The van der Waals surface area contributed by atoms with E-state index in [2.05, 4.69) is 20.5 Å². The van der Waals surface area contributed by atoms with Gasteiger partial charge in [-0.15, -0.1) is 0 Å². The van der Waals surface area contributed by atoms with Crippen LogP contribution >= 0.6 is 0 Å². The third kappa shape index (κ3) is 3.89. The number of aryl methyl sites for hydroxylation is 1. The number of benzene rings is 1. The van der Waals surface area contributed by atoms with Gasteiger partial charge in [-0.1, -0.05) is 12.1 Å². The van der Waals surface area contributed by atoms with E-state index in [1.54, 1.807) is 0 Å². The van der Waals surface area contributed by atoms with Crippen LogP contribution < -0.4 is 11.1 Å². The number of amides is 1. The number of nitrogens with zero attached hydrogens (tertiary/aromatic N) is 2. The number of anilines is 1. The van der Waals surface area contributed by atoms with Crippen molar-refractivity contribution < 1.29 is 4.79 Å². The van der Waals surface area contributed by atoms with Crippen molar-refractivity contribution >= 4 is 11.6 Å². The summed E-state index contributed by atoms with van der Waals surface area (Å²) in [5.41, 5.74) is 7.23. The van der Waals surface area contributed by atoms with Crippen molar-refractivity contribution in [3.8, 4) is 11.4 Å². The fourth-order valence-electron chi connectivity index (χ4n) is 1.79. The molecule has 6 nitrogen and oxygen atoms in total. The summed E-state index contributed by atoms with van der Waals surface area (Å²) in [5, 5.41) is 9.75. The first kappa shape index (κ1) is 14.2. The molecule has 0 saturated heterocycles. The van der Waals surface area contributed by atoms with Gasteiger partial charge < -0.3 is 11.1 Å². The normalized spacial score (nSPS) is 12.2. The maximum atomic E-state index is 11.8. The van der Waals surface area contributed by atoms with Crippen LogP contribution in [0.1, 0.15) is 25.6 Å². The van der Waals surface area contributed by atoms with Crippen molar-refractivity contribution in [3.63, 3.8) is 0 Å². The van der Waals surface area contributed by atoms with Crippen LogP contribution in [-0.4, -0.2) is 27.1 Å². The van der Waals surface area contributed by atoms with Crippen molar-refractivity contribution in [1.82, 2.24) is 15.2 Å². The molecule has 20 heavy (non-hydrogen) atoms. The summed E-state index contributed by atoms with van der Waals surface area (Å²) < 4.78 is 0. The van der Waals surface area contributed by atoms with E-state index in [9.17, 15) is 4.79 Å². The predicted molar refractivity (Wildman–Crippen MR) is 78.1 cm³/mol. The van der Waals surface area contributed by atoms with Crippen LogP contribution in [0.2, 0.25) is 0 Å². The molecule has 1 atom stereocenters. The standard InChI is InChI=1S/C14H19N5O/c1-9(15)6-7-13(20)17-12-5-3-4-11(8-12)14-16-10(2)18-19-14/h3-5,8-9H,6-7,15H2,1-2H3,(H,17,20)(H,16,18,19). The molecule has 6 heteroatoms. The molecule has 0 aliphatic rings. The largest absolute Gasteiger partial charge is 0.328 e. The van der Waals surface area contributed by atoms with Gasteiger partial charge in [0.15, 0.2) is 5.82 Å². The minimum atomic E-state index is -0.0365. The summed E-state index contributed by atoms with van der Waals surface area (Å²) in [5.74, 6) is 1.34. The number of nitrogens with two attached hydrogens (primary N) is 1. The maximum Gasteiger partial charge on any atom is 0.224 e. The van der Waals surface area contributed by atoms with E-state index in [-0.39, 0.29) is 11.9 Å². The van der Waals surface area contributed by atoms with E-state index in [4.69, 9.17) is 5.73 Å². The first-order valence-electron chi connectivity index (χ1n) is 6.59. The molecule has 1 aromatic carbocycles. The van der Waals surface area contributed by atoms with Crippen molar-refractivity contribution in [3.05, 3.63) is 30.1 Å². The second kappa shape index (κ2) is 6.29. The molecular formula is C14H19N5O. The van der Waals surface area contributed by atoms with E-state index in [0.717, 1.165) is 17.1 Å². The van der Waals surface area contributed by atoms with Gasteiger partial charge in [0, 0.05) is 23.7 Å². The lowest BCUT2D eigenvalue weighted by molar-refractivity contribution is -0.116. The third-order valence-corrected chi connectivity index (χ3v) is 2.83. The van der Waals surface area contributed by atoms with E-state index in [1.165, 1.54) is 0 Å². The Morgan fingerprint density at radius 1 is 1.50 bits per heavy atom. The zero-order chi connectivity index (χ0) is 14.5. The molecule has 2 aromatic rings. The van der Waals surface area contributed by atoms with Crippen LogP contribution in [-0.2, 0) is 4.79 Å². The van der Waals surface area contributed by atoms with Gasteiger partial charge in [-0.05, 0) is 32.4 Å². The summed E-state index contributed by atoms with van der Waals surface area (Å²) in [4.78, 5) is 16.0. The van der Waals surface area contributed by atoms with Gasteiger partial charge in [0.05, 0.1) is 0 Å². The van der Waals surface area contributed by atoms with E-state index in [0.29, 0.717) is 18.7 Å². The zero-order valence-electron chi connectivity index (χ0n) is 11.7. The molecule has 1 unspecified atom stereocenters. The van der Waals surface area contributed by atoms with Gasteiger partial charge in [-0.2, -0.15) is 5.10 Å². The summed E-state index contributed by atoms with van der Waals surface area (Å²) in [7, 11) is 0. The molecule has 0 spiro atoms. The van der Waals surface area contributed by atoms with E-state index < -0.39 is 0 Å². The Balaban J connectivity index is 2.05. The summed E-state index contributed by atoms with van der Waals surface area (Å²) >= 11 is 0. The molecule has 1 amide bonds. The Morgan fingerprint density at radius 2 is 2.30 bits per heavy atom. The molecule has 0 aliphatic heterocycles. The molecule has 0 aliphatic carbocycles. The topological polar surface area (TPSA) is 96.7 Å². The maximum absolute atomic E-state index is 11.8. The first-order valence-corrected chi connectivity index (χ1v) is 6.59. The van der Waals surface area contributed by atoms with Crippen LogP contribution in [0.3, 0.4) is 0 Å². The molecular weight excluding hydrogens is 254 g/mol. The number of carbonyl (C=O) groups excluding carboxylic acids is 1. The molecule has 0 bridgehead atoms. The summed E-state index contributed by atoms with van der Waals surface area (Å²) in [6.07, 6.45) is 1.09. The number of nitrogens with one attached hydrogen (secondary N) is 2. The van der Waals surface area contributed by atoms with Crippen LogP contribution in [0.25, 0.3) is 11.4 Å². The highest BCUT2D eigenvalue weighted by Gasteiger charge is 2.07. The SMILES string of the molecule is Cc1nc(-c2cccc(NC(=O)CCC(C)N)c2)n[nH]1. The van der Waals surface area contributed by atoms with E-state index in [1.807, 2.05) is 38.1 Å². The second-order valence-electron chi connectivity index (χ2n) is 4.89. The quantitative estimate of drug-likeness (QED) is 0.774.